The van der Waals surface area contributed by atoms with E-state index in [9.17, 15) is 14.7 Å². The topological polar surface area (TPSA) is 117 Å². The average Bonchev–Trinajstić information content (AvgIpc) is 2.28. The van der Waals surface area contributed by atoms with Gasteiger partial charge in [-0.25, -0.2) is 0 Å². The van der Waals surface area contributed by atoms with Crippen LogP contribution in [0.5, 0.6) is 0 Å². The number of carbonyl (C=O) groups is 1. The number of nitrogens with zero attached hydrogens (tertiary/aromatic N) is 1. The molecule has 0 spiro atoms. The number of carboxylic acids is 1. The number of para-hydroxylation sites is 1. The lowest BCUT2D eigenvalue weighted by Crippen LogP contribution is -2.29. The van der Waals surface area contributed by atoms with Crippen LogP contribution in [0, 0.1) is 0 Å². The SMILES string of the molecule is O=C([O-])c1c[nH]c2c(N(O)O)cccc2c1=O. The Kier molecular flexibility index (Phi) is 2.54. The van der Waals surface area contributed by atoms with E-state index in [2.05, 4.69) is 4.98 Å². The summed E-state index contributed by atoms with van der Waals surface area (Å²) in [5.41, 5.74) is -1.21. The van der Waals surface area contributed by atoms with E-state index in [0.29, 0.717) is 0 Å². The van der Waals surface area contributed by atoms with Gasteiger partial charge in [0.2, 0.25) is 0 Å². The largest absolute Gasteiger partial charge is 0.545 e. The lowest BCUT2D eigenvalue weighted by Gasteiger charge is -2.11. The summed E-state index contributed by atoms with van der Waals surface area (Å²) in [4.78, 5) is 24.9. The van der Waals surface area contributed by atoms with Crippen molar-refractivity contribution in [3.63, 3.8) is 0 Å². The number of anilines is 1. The van der Waals surface area contributed by atoms with Crippen molar-refractivity contribution in [1.82, 2.24) is 4.98 Å². The van der Waals surface area contributed by atoms with Crippen LogP contribution in [0.3, 0.4) is 0 Å². The van der Waals surface area contributed by atoms with E-state index in [-0.39, 0.29) is 21.8 Å². The molecule has 2 rings (SSSR count). The summed E-state index contributed by atoms with van der Waals surface area (Å²) >= 11 is 0. The Morgan fingerprint density at radius 2 is 2.06 bits per heavy atom. The van der Waals surface area contributed by atoms with Crippen LogP contribution in [0.4, 0.5) is 5.69 Å². The van der Waals surface area contributed by atoms with E-state index in [1.165, 1.54) is 18.2 Å². The van der Waals surface area contributed by atoms with E-state index >= 15 is 0 Å². The Morgan fingerprint density at radius 1 is 1.35 bits per heavy atom. The van der Waals surface area contributed by atoms with Crippen LogP contribution in [-0.4, -0.2) is 21.4 Å². The van der Waals surface area contributed by atoms with E-state index in [4.69, 9.17) is 10.4 Å². The molecule has 0 saturated heterocycles. The third-order valence-corrected chi connectivity index (χ3v) is 2.33. The van der Waals surface area contributed by atoms with Gasteiger partial charge >= 0.3 is 0 Å². The number of pyridine rings is 1. The number of hydrogen-bond acceptors (Lipinski definition) is 6. The minimum atomic E-state index is -1.59. The summed E-state index contributed by atoms with van der Waals surface area (Å²) in [6.07, 6.45) is 0.951. The second kappa shape index (κ2) is 3.89. The van der Waals surface area contributed by atoms with Gasteiger partial charge in [-0.1, -0.05) is 6.07 Å². The number of hydrogen-bond donors (Lipinski definition) is 3. The molecule has 0 radical (unpaired) electrons. The van der Waals surface area contributed by atoms with E-state index in [1.807, 2.05) is 0 Å². The fourth-order valence-corrected chi connectivity index (χ4v) is 1.55. The van der Waals surface area contributed by atoms with Gasteiger partial charge in [0.05, 0.1) is 17.0 Å². The van der Waals surface area contributed by atoms with Crippen LogP contribution in [-0.2, 0) is 0 Å². The second-order valence-corrected chi connectivity index (χ2v) is 3.31. The number of aromatic nitrogens is 1. The zero-order valence-electron chi connectivity index (χ0n) is 8.38. The van der Waals surface area contributed by atoms with Crippen molar-refractivity contribution in [2.75, 3.05) is 5.23 Å². The number of carbonyl (C=O) groups excluding carboxylic acids is 1. The second-order valence-electron chi connectivity index (χ2n) is 3.31. The fourth-order valence-electron chi connectivity index (χ4n) is 1.55. The number of benzene rings is 1. The molecule has 0 aliphatic carbocycles. The first kappa shape index (κ1) is 11.1. The van der Waals surface area contributed by atoms with Crippen LogP contribution in [0.15, 0.2) is 29.2 Å². The highest BCUT2D eigenvalue weighted by molar-refractivity contribution is 5.95. The maximum atomic E-state index is 11.7. The molecule has 0 aliphatic rings. The molecule has 7 heteroatoms. The van der Waals surface area contributed by atoms with Gasteiger partial charge < -0.3 is 14.9 Å². The highest BCUT2D eigenvalue weighted by Crippen LogP contribution is 2.20. The summed E-state index contributed by atoms with van der Waals surface area (Å²) in [6.45, 7) is 0. The predicted molar refractivity (Wildman–Crippen MR) is 55.0 cm³/mol. The molecule has 0 unspecified atom stereocenters. The van der Waals surface area contributed by atoms with Gasteiger partial charge in [0.25, 0.3) is 0 Å². The highest BCUT2D eigenvalue weighted by Gasteiger charge is 2.11. The number of H-pyrrole nitrogens is 1. The molecule has 1 aromatic carbocycles. The normalized spacial score (nSPS) is 10.5. The monoisotopic (exact) mass is 235 g/mol. The summed E-state index contributed by atoms with van der Waals surface area (Å²) in [5, 5.41) is 28.4. The van der Waals surface area contributed by atoms with Gasteiger partial charge in [-0.3, -0.25) is 15.2 Å². The number of carboxylic acid groups (broad SMARTS) is 1. The molecule has 1 aromatic heterocycles. The molecule has 0 amide bonds. The smallest absolute Gasteiger partial charge is 0.198 e. The predicted octanol–water partition coefficient (Wildman–Crippen LogP) is -0.524. The first-order valence-corrected chi connectivity index (χ1v) is 4.56. The van der Waals surface area contributed by atoms with E-state index in [1.54, 1.807) is 0 Å². The summed E-state index contributed by atoms with van der Waals surface area (Å²) < 4.78 is 0. The van der Waals surface area contributed by atoms with Gasteiger partial charge in [0.15, 0.2) is 5.43 Å². The molecule has 1 heterocycles. The minimum absolute atomic E-state index is 0.0253. The molecule has 0 saturated carbocycles. The molecule has 7 nitrogen and oxygen atoms in total. The summed E-state index contributed by atoms with van der Waals surface area (Å²) in [6, 6.07) is 4.11. The van der Waals surface area contributed by atoms with Crippen LogP contribution in [0.1, 0.15) is 10.4 Å². The molecule has 88 valence electrons. The minimum Gasteiger partial charge on any atom is -0.545 e. The zero-order chi connectivity index (χ0) is 12.6. The maximum Gasteiger partial charge on any atom is 0.198 e. The molecule has 0 aliphatic heterocycles. The zero-order valence-corrected chi connectivity index (χ0v) is 8.38. The Labute approximate surface area is 94.1 Å². The quantitative estimate of drug-likeness (QED) is 0.603. The Morgan fingerprint density at radius 3 is 2.65 bits per heavy atom. The van der Waals surface area contributed by atoms with E-state index in [0.717, 1.165) is 6.20 Å². The van der Waals surface area contributed by atoms with Gasteiger partial charge in [-0.05, 0) is 12.1 Å². The Hall–Kier alpha value is -2.38. The third kappa shape index (κ3) is 1.73. The fraction of sp³-hybridized carbons (Fsp3) is 0. The Balaban J connectivity index is 2.86. The molecule has 3 N–H and O–H groups in total. The van der Waals surface area contributed by atoms with Gasteiger partial charge in [0.1, 0.15) is 5.69 Å². The number of fused-ring (bicyclic) bond motifs is 1. The molecular weight excluding hydrogens is 228 g/mol. The molecule has 0 bridgehead atoms. The van der Waals surface area contributed by atoms with Crippen molar-refractivity contribution >= 4 is 22.6 Å². The molecule has 0 atom stereocenters. The van der Waals surface area contributed by atoms with Crippen LogP contribution >= 0.6 is 0 Å². The van der Waals surface area contributed by atoms with Crippen LogP contribution in [0.2, 0.25) is 0 Å². The van der Waals surface area contributed by atoms with Crippen molar-refractivity contribution in [3.8, 4) is 0 Å². The summed E-state index contributed by atoms with van der Waals surface area (Å²) in [7, 11) is 0. The maximum absolute atomic E-state index is 11.7. The van der Waals surface area contributed by atoms with Crippen molar-refractivity contribution in [2.24, 2.45) is 0 Å². The van der Waals surface area contributed by atoms with Crippen molar-refractivity contribution in [2.45, 2.75) is 0 Å². The van der Waals surface area contributed by atoms with Crippen molar-refractivity contribution in [3.05, 3.63) is 40.2 Å². The van der Waals surface area contributed by atoms with E-state index < -0.39 is 17.0 Å². The standard InChI is InChI=1S/C10H8N2O5/c13-9-5-2-1-3-7(12(16)17)8(5)11-4-6(9)10(14)15/h1-4,16-17H,(H,11,13)(H,14,15)/p-1. The number of aromatic amines is 1. The Bertz CT molecular complexity index is 647. The molecule has 0 fully saturated rings. The summed E-state index contributed by atoms with van der Waals surface area (Å²) in [5.74, 6) is -1.59. The van der Waals surface area contributed by atoms with Crippen LogP contribution in [0.25, 0.3) is 10.9 Å². The first-order valence-electron chi connectivity index (χ1n) is 4.56. The van der Waals surface area contributed by atoms with Crippen molar-refractivity contribution < 1.29 is 20.3 Å². The number of rotatable bonds is 2. The first-order chi connectivity index (χ1) is 8.02. The average molecular weight is 235 g/mol. The highest BCUT2D eigenvalue weighted by atomic mass is 16.8. The van der Waals surface area contributed by atoms with Gasteiger partial charge in [-0.2, -0.15) is 0 Å². The number of aromatic carboxylic acids is 1. The van der Waals surface area contributed by atoms with Crippen LogP contribution < -0.4 is 15.8 Å². The molecule has 2 aromatic rings. The third-order valence-electron chi connectivity index (χ3n) is 2.33. The van der Waals surface area contributed by atoms with Gasteiger partial charge in [-0.15, -0.1) is 5.23 Å². The van der Waals surface area contributed by atoms with Gasteiger partial charge in [0, 0.05) is 11.6 Å². The molecule has 17 heavy (non-hydrogen) atoms. The van der Waals surface area contributed by atoms with Crippen molar-refractivity contribution in [1.29, 1.82) is 0 Å². The lowest BCUT2D eigenvalue weighted by atomic mass is 10.1. The lowest BCUT2D eigenvalue weighted by molar-refractivity contribution is -0.255. The number of nitrogens with one attached hydrogen (secondary N) is 1. The molecular formula is C10H7N2O5-.